The number of rotatable bonds is 2. The van der Waals surface area contributed by atoms with Gasteiger partial charge in [0.2, 0.25) is 11.8 Å². The highest BCUT2D eigenvalue weighted by molar-refractivity contribution is 9.11. The van der Waals surface area contributed by atoms with Crippen LogP contribution in [0.5, 0.6) is 0 Å². The third-order valence-corrected chi connectivity index (χ3v) is 5.02. The van der Waals surface area contributed by atoms with Crippen LogP contribution < -0.4 is 10.6 Å². The summed E-state index contributed by atoms with van der Waals surface area (Å²) in [5, 5.41) is 5.62. The van der Waals surface area contributed by atoms with Crippen LogP contribution in [0.25, 0.3) is 10.9 Å². The SMILES string of the molecule is O=C1CCC(NC(=O)c2sc(Br)c3ncccc23)C(=O)N1. The number of imide groups is 1. The number of aromatic nitrogens is 1. The number of hydrogen-bond donors (Lipinski definition) is 2. The first-order valence-electron chi connectivity index (χ1n) is 6.24. The predicted octanol–water partition coefficient (Wildman–Crippen LogP) is 1.59. The van der Waals surface area contributed by atoms with Gasteiger partial charge in [-0.2, -0.15) is 0 Å². The molecule has 1 aliphatic rings. The molecule has 2 N–H and O–H groups in total. The minimum atomic E-state index is -0.678. The Morgan fingerprint density at radius 1 is 1.48 bits per heavy atom. The third-order valence-electron chi connectivity index (χ3n) is 3.18. The lowest BCUT2D eigenvalue weighted by Crippen LogP contribution is -2.52. The van der Waals surface area contributed by atoms with Crippen molar-refractivity contribution in [2.75, 3.05) is 0 Å². The van der Waals surface area contributed by atoms with E-state index in [1.807, 2.05) is 6.07 Å². The number of nitrogens with zero attached hydrogens (tertiary/aromatic N) is 1. The summed E-state index contributed by atoms with van der Waals surface area (Å²) >= 11 is 4.65. The van der Waals surface area contributed by atoms with Gasteiger partial charge in [-0.3, -0.25) is 24.7 Å². The van der Waals surface area contributed by atoms with E-state index in [9.17, 15) is 14.4 Å². The minimum Gasteiger partial charge on any atom is -0.339 e. The summed E-state index contributed by atoms with van der Waals surface area (Å²) in [5.41, 5.74) is 0.718. The number of carbonyl (C=O) groups is 3. The Bertz CT molecular complexity index is 758. The fourth-order valence-corrected chi connectivity index (χ4v) is 3.83. The first kappa shape index (κ1) is 14.2. The van der Waals surface area contributed by atoms with Crippen molar-refractivity contribution in [2.24, 2.45) is 0 Å². The largest absolute Gasteiger partial charge is 0.339 e. The Hall–Kier alpha value is -1.80. The van der Waals surface area contributed by atoms with Gasteiger partial charge in [-0.1, -0.05) is 0 Å². The number of piperidine rings is 1. The molecule has 0 spiro atoms. The van der Waals surface area contributed by atoms with Gasteiger partial charge in [0.1, 0.15) is 10.9 Å². The summed E-state index contributed by atoms with van der Waals surface area (Å²) in [4.78, 5) is 39.8. The summed E-state index contributed by atoms with van der Waals surface area (Å²) in [6.45, 7) is 0. The highest BCUT2D eigenvalue weighted by Gasteiger charge is 2.29. The van der Waals surface area contributed by atoms with Crippen molar-refractivity contribution in [3.8, 4) is 0 Å². The van der Waals surface area contributed by atoms with Gasteiger partial charge in [0, 0.05) is 18.0 Å². The van der Waals surface area contributed by atoms with Crippen LogP contribution in [0, 0.1) is 0 Å². The molecule has 1 saturated heterocycles. The van der Waals surface area contributed by atoms with Gasteiger partial charge in [0.25, 0.3) is 5.91 Å². The van der Waals surface area contributed by atoms with Crippen LogP contribution in [0.15, 0.2) is 22.1 Å². The van der Waals surface area contributed by atoms with Gasteiger partial charge in [-0.05, 0) is 34.5 Å². The van der Waals surface area contributed by atoms with Gasteiger partial charge in [-0.15, -0.1) is 11.3 Å². The number of nitrogens with one attached hydrogen (secondary N) is 2. The molecule has 8 heteroatoms. The van der Waals surface area contributed by atoms with E-state index < -0.39 is 11.9 Å². The molecule has 108 valence electrons. The third kappa shape index (κ3) is 2.68. The molecule has 1 unspecified atom stereocenters. The standard InChI is InChI=1S/C13H10BrN3O3S/c14-11-9-6(2-1-5-15-9)10(21-11)13(20)16-7-3-4-8(18)17-12(7)19/h1-2,5,7H,3-4H2,(H,16,20)(H,17,18,19). The maximum absolute atomic E-state index is 12.4. The van der Waals surface area contributed by atoms with E-state index in [-0.39, 0.29) is 18.2 Å². The van der Waals surface area contributed by atoms with E-state index >= 15 is 0 Å². The molecule has 2 aromatic heterocycles. The van der Waals surface area contributed by atoms with Crippen molar-refractivity contribution in [1.82, 2.24) is 15.6 Å². The fourth-order valence-electron chi connectivity index (χ4n) is 2.16. The van der Waals surface area contributed by atoms with E-state index in [2.05, 4.69) is 31.5 Å². The van der Waals surface area contributed by atoms with E-state index in [1.54, 1.807) is 12.3 Å². The maximum Gasteiger partial charge on any atom is 0.262 e. The normalized spacial score (nSPS) is 18.6. The summed E-state index contributed by atoms with van der Waals surface area (Å²) in [5.74, 6) is -1.10. The highest BCUT2D eigenvalue weighted by Crippen LogP contribution is 2.33. The molecule has 0 aliphatic carbocycles. The van der Waals surface area contributed by atoms with Crippen LogP contribution in [0.1, 0.15) is 22.5 Å². The van der Waals surface area contributed by atoms with Crippen molar-refractivity contribution in [2.45, 2.75) is 18.9 Å². The van der Waals surface area contributed by atoms with Crippen LogP contribution >= 0.6 is 27.3 Å². The number of thiophene rings is 1. The quantitative estimate of drug-likeness (QED) is 0.789. The number of halogens is 1. The molecular weight excluding hydrogens is 358 g/mol. The lowest BCUT2D eigenvalue weighted by molar-refractivity contribution is -0.134. The molecule has 3 rings (SSSR count). The molecule has 0 radical (unpaired) electrons. The number of carbonyl (C=O) groups excluding carboxylic acids is 3. The summed E-state index contributed by atoms with van der Waals surface area (Å²) < 4.78 is 0.770. The first-order chi connectivity index (χ1) is 10.1. The zero-order chi connectivity index (χ0) is 15.0. The number of amides is 3. The Labute approximate surface area is 132 Å². The predicted molar refractivity (Wildman–Crippen MR) is 81.0 cm³/mol. The van der Waals surface area contributed by atoms with Crippen LogP contribution in [0.3, 0.4) is 0 Å². The highest BCUT2D eigenvalue weighted by atomic mass is 79.9. The van der Waals surface area contributed by atoms with E-state index in [0.717, 1.165) is 14.7 Å². The van der Waals surface area contributed by atoms with Gasteiger partial charge in [0.15, 0.2) is 0 Å². The van der Waals surface area contributed by atoms with Crippen LogP contribution in [0.4, 0.5) is 0 Å². The molecule has 0 saturated carbocycles. The zero-order valence-corrected chi connectivity index (χ0v) is 13.1. The monoisotopic (exact) mass is 367 g/mol. The van der Waals surface area contributed by atoms with Gasteiger partial charge < -0.3 is 5.32 Å². The second-order valence-electron chi connectivity index (χ2n) is 4.58. The summed E-state index contributed by atoms with van der Waals surface area (Å²) in [7, 11) is 0. The molecule has 21 heavy (non-hydrogen) atoms. The van der Waals surface area contributed by atoms with Crippen molar-refractivity contribution in [1.29, 1.82) is 0 Å². The molecule has 6 nitrogen and oxygen atoms in total. The summed E-state index contributed by atoms with van der Waals surface area (Å²) in [6, 6.07) is 2.88. The van der Waals surface area contributed by atoms with Crippen LogP contribution in [-0.4, -0.2) is 28.7 Å². The van der Waals surface area contributed by atoms with E-state index in [1.165, 1.54) is 11.3 Å². The van der Waals surface area contributed by atoms with Crippen molar-refractivity contribution >= 4 is 55.9 Å². The molecule has 1 fully saturated rings. The molecule has 0 bridgehead atoms. The lowest BCUT2D eigenvalue weighted by atomic mass is 10.1. The fraction of sp³-hybridized carbons (Fsp3) is 0.231. The molecule has 1 atom stereocenters. The van der Waals surface area contributed by atoms with E-state index in [0.29, 0.717) is 11.3 Å². The Morgan fingerprint density at radius 2 is 2.29 bits per heavy atom. The Morgan fingerprint density at radius 3 is 3.05 bits per heavy atom. The first-order valence-corrected chi connectivity index (χ1v) is 7.85. The average Bonchev–Trinajstić information content (AvgIpc) is 2.80. The number of fused-ring (bicyclic) bond motifs is 1. The van der Waals surface area contributed by atoms with Gasteiger partial charge >= 0.3 is 0 Å². The molecular formula is C13H10BrN3O3S. The second kappa shape index (κ2) is 5.53. The topological polar surface area (TPSA) is 88.2 Å². The molecule has 0 aromatic carbocycles. The molecule has 2 aromatic rings. The van der Waals surface area contributed by atoms with Crippen molar-refractivity contribution in [3.63, 3.8) is 0 Å². The second-order valence-corrected chi connectivity index (χ2v) is 6.92. The maximum atomic E-state index is 12.4. The van der Waals surface area contributed by atoms with Crippen LogP contribution in [0.2, 0.25) is 0 Å². The Kier molecular flexibility index (Phi) is 3.73. The van der Waals surface area contributed by atoms with Crippen molar-refractivity contribution in [3.05, 3.63) is 27.0 Å². The molecule has 3 amide bonds. The van der Waals surface area contributed by atoms with Crippen LogP contribution in [-0.2, 0) is 9.59 Å². The van der Waals surface area contributed by atoms with Gasteiger partial charge in [0.05, 0.1) is 9.30 Å². The minimum absolute atomic E-state index is 0.229. The smallest absolute Gasteiger partial charge is 0.262 e. The van der Waals surface area contributed by atoms with Gasteiger partial charge in [-0.25, -0.2) is 0 Å². The zero-order valence-electron chi connectivity index (χ0n) is 10.7. The molecule has 3 heterocycles. The number of hydrogen-bond acceptors (Lipinski definition) is 5. The summed E-state index contributed by atoms with van der Waals surface area (Å²) in [6.07, 6.45) is 2.20. The lowest BCUT2D eigenvalue weighted by Gasteiger charge is -2.21. The van der Waals surface area contributed by atoms with Crippen molar-refractivity contribution < 1.29 is 14.4 Å². The number of pyridine rings is 1. The van der Waals surface area contributed by atoms with E-state index in [4.69, 9.17) is 0 Å². The molecule has 1 aliphatic heterocycles. The Balaban J connectivity index is 1.85. The average molecular weight is 368 g/mol.